The molecule has 7 nitrogen and oxygen atoms in total. The topological polar surface area (TPSA) is 72.9 Å². The van der Waals surface area contributed by atoms with Gasteiger partial charge >= 0.3 is 0 Å². The molecule has 1 aromatic carbocycles. The molecule has 0 saturated carbocycles. The molecule has 0 atom stereocenters. The number of carbonyl (C=O) groups excluding carboxylic acids is 1. The van der Waals surface area contributed by atoms with Gasteiger partial charge in [-0.2, -0.15) is 0 Å². The molecule has 1 aliphatic rings. The second-order valence-electron chi connectivity index (χ2n) is 5.91. The van der Waals surface area contributed by atoms with Crippen molar-refractivity contribution in [1.82, 2.24) is 4.98 Å². The van der Waals surface area contributed by atoms with Crippen LogP contribution in [0.3, 0.4) is 0 Å². The van der Waals surface area contributed by atoms with Crippen molar-refractivity contribution in [3.05, 3.63) is 42.1 Å². The number of rotatable bonds is 6. The molecule has 0 aliphatic carbocycles. The maximum absolute atomic E-state index is 12.3. The minimum absolute atomic E-state index is 0.130. The predicted octanol–water partition coefficient (Wildman–Crippen LogP) is 2.12. The van der Waals surface area contributed by atoms with E-state index in [1.165, 1.54) is 0 Å². The summed E-state index contributed by atoms with van der Waals surface area (Å²) in [6.45, 7) is 3.08. The highest BCUT2D eigenvalue weighted by molar-refractivity contribution is 5.92. The highest BCUT2D eigenvalue weighted by Gasteiger charge is 2.13. The van der Waals surface area contributed by atoms with Gasteiger partial charge in [0.2, 0.25) is 5.91 Å². The smallest absolute Gasteiger partial charge is 0.228 e. The van der Waals surface area contributed by atoms with Gasteiger partial charge in [0.15, 0.2) is 0 Å². The van der Waals surface area contributed by atoms with Crippen LogP contribution in [-0.4, -0.2) is 51.4 Å². The molecule has 1 aliphatic heterocycles. The quantitative estimate of drug-likeness (QED) is 0.854. The molecule has 0 radical (unpaired) electrons. The molecule has 2 heterocycles. The Hall–Kier alpha value is -2.80. The van der Waals surface area contributed by atoms with E-state index in [1.54, 1.807) is 26.5 Å². The number of methoxy groups -OCH3 is 2. The third kappa shape index (κ3) is 4.43. The molecule has 1 saturated heterocycles. The molecule has 1 aromatic heterocycles. The van der Waals surface area contributed by atoms with Crippen LogP contribution in [0.25, 0.3) is 0 Å². The molecule has 0 bridgehead atoms. The van der Waals surface area contributed by atoms with Gasteiger partial charge in [0.1, 0.15) is 17.3 Å². The Morgan fingerprint density at radius 1 is 1.19 bits per heavy atom. The summed E-state index contributed by atoms with van der Waals surface area (Å²) in [6.07, 6.45) is 1.88. The molecule has 3 rings (SSSR count). The normalized spacial score (nSPS) is 14.0. The summed E-state index contributed by atoms with van der Waals surface area (Å²) < 4.78 is 15.8. The van der Waals surface area contributed by atoms with Crippen molar-refractivity contribution in [1.29, 1.82) is 0 Å². The van der Waals surface area contributed by atoms with E-state index < -0.39 is 0 Å². The number of hydrogen-bond donors (Lipinski definition) is 1. The van der Waals surface area contributed by atoms with E-state index in [2.05, 4.69) is 15.2 Å². The highest BCUT2D eigenvalue weighted by atomic mass is 16.5. The van der Waals surface area contributed by atoms with Gasteiger partial charge in [-0.3, -0.25) is 4.79 Å². The largest absolute Gasteiger partial charge is 0.497 e. The molecule has 2 aromatic rings. The maximum Gasteiger partial charge on any atom is 0.228 e. The SMILES string of the molecule is COc1ccc(CC(=O)Nc2ccc(N3CCOCC3)nc2)c(OC)c1. The lowest BCUT2D eigenvalue weighted by atomic mass is 10.1. The van der Waals surface area contributed by atoms with Crippen LogP contribution in [0, 0.1) is 0 Å². The van der Waals surface area contributed by atoms with Gasteiger partial charge < -0.3 is 24.4 Å². The summed E-state index contributed by atoms with van der Waals surface area (Å²) in [7, 11) is 3.17. The van der Waals surface area contributed by atoms with Crippen molar-refractivity contribution in [2.24, 2.45) is 0 Å². The molecule has 1 amide bonds. The predicted molar refractivity (Wildman–Crippen MR) is 99.1 cm³/mol. The summed E-state index contributed by atoms with van der Waals surface area (Å²) in [4.78, 5) is 18.9. The first-order chi connectivity index (χ1) is 12.7. The lowest BCUT2D eigenvalue weighted by molar-refractivity contribution is -0.115. The average Bonchev–Trinajstić information content (AvgIpc) is 2.69. The number of morpholine rings is 1. The lowest BCUT2D eigenvalue weighted by Crippen LogP contribution is -2.36. The zero-order valence-corrected chi connectivity index (χ0v) is 15.0. The highest BCUT2D eigenvalue weighted by Crippen LogP contribution is 2.25. The summed E-state index contributed by atoms with van der Waals surface area (Å²) >= 11 is 0. The third-order valence-electron chi connectivity index (χ3n) is 4.21. The summed E-state index contributed by atoms with van der Waals surface area (Å²) in [5.74, 6) is 2.08. The van der Waals surface area contributed by atoms with Crippen LogP contribution in [0.2, 0.25) is 0 Å². The zero-order valence-electron chi connectivity index (χ0n) is 15.0. The minimum Gasteiger partial charge on any atom is -0.497 e. The summed E-state index contributed by atoms with van der Waals surface area (Å²) in [6, 6.07) is 9.18. The molecule has 1 N–H and O–H groups in total. The Labute approximate surface area is 152 Å². The first kappa shape index (κ1) is 18.0. The summed E-state index contributed by atoms with van der Waals surface area (Å²) in [5, 5.41) is 2.87. The van der Waals surface area contributed by atoms with E-state index >= 15 is 0 Å². The molecule has 0 unspecified atom stereocenters. The van der Waals surface area contributed by atoms with Crippen molar-refractivity contribution < 1.29 is 19.0 Å². The number of aromatic nitrogens is 1. The summed E-state index contributed by atoms with van der Waals surface area (Å²) in [5.41, 5.74) is 1.46. The van der Waals surface area contributed by atoms with Crippen molar-refractivity contribution >= 4 is 17.4 Å². The number of ether oxygens (including phenoxy) is 3. The Morgan fingerprint density at radius 2 is 2.00 bits per heavy atom. The third-order valence-corrected chi connectivity index (χ3v) is 4.21. The minimum atomic E-state index is -0.130. The van der Waals surface area contributed by atoms with Crippen LogP contribution in [0.5, 0.6) is 11.5 Å². The van der Waals surface area contributed by atoms with Crippen molar-refractivity contribution in [3.63, 3.8) is 0 Å². The van der Waals surface area contributed by atoms with Gasteiger partial charge in [-0.25, -0.2) is 4.98 Å². The van der Waals surface area contributed by atoms with Crippen molar-refractivity contribution in [2.45, 2.75) is 6.42 Å². The fraction of sp³-hybridized carbons (Fsp3) is 0.368. The number of pyridine rings is 1. The van der Waals surface area contributed by atoms with E-state index in [-0.39, 0.29) is 12.3 Å². The number of nitrogens with zero attached hydrogens (tertiary/aromatic N) is 2. The van der Waals surface area contributed by atoms with Gasteiger partial charge in [0, 0.05) is 24.7 Å². The van der Waals surface area contributed by atoms with Gasteiger partial charge in [-0.1, -0.05) is 6.07 Å². The Bertz CT molecular complexity index is 743. The van der Waals surface area contributed by atoms with Gasteiger partial charge in [0.05, 0.1) is 45.7 Å². The first-order valence-electron chi connectivity index (χ1n) is 8.49. The maximum atomic E-state index is 12.3. The van der Waals surface area contributed by atoms with Crippen LogP contribution in [0.15, 0.2) is 36.5 Å². The van der Waals surface area contributed by atoms with Gasteiger partial charge in [0.25, 0.3) is 0 Å². The molecule has 1 fully saturated rings. The van der Waals surface area contributed by atoms with Crippen LogP contribution in [0.1, 0.15) is 5.56 Å². The molecular formula is C19H23N3O4. The van der Waals surface area contributed by atoms with E-state index in [9.17, 15) is 4.79 Å². The lowest BCUT2D eigenvalue weighted by Gasteiger charge is -2.27. The van der Waals surface area contributed by atoms with Crippen molar-refractivity contribution in [2.75, 3.05) is 50.7 Å². The van der Waals surface area contributed by atoms with Crippen LogP contribution >= 0.6 is 0 Å². The van der Waals surface area contributed by atoms with Gasteiger partial charge in [-0.15, -0.1) is 0 Å². The molecular weight excluding hydrogens is 334 g/mol. The molecule has 138 valence electrons. The van der Waals surface area contributed by atoms with Crippen LogP contribution < -0.4 is 19.7 Å². The Morgan fingerprint density at radius 3 is 2.65 bits per heavy atom. The number of nitrogens with one attached hydrogen (secondary N) is 1. The number of anilines is 2. The Balaban J connectivity index is 1.61. The number of hydrogen-bond acceptors (Lipinski definition) is 6. The van der Waals surface area contributed by atoms with Crippen LogP contribution in [-0.2, 0) is 16.0 Å². The van der Waals surface area contributed by atoms with Crippen LogP contribution in [0.4, 0.5) is 11.5 Å². The van der Waals surface area contributed by atoms with Gasteiger partial charge in [-0.05, 0) is 18.2 Å². The fourth-order valence-corrected chi connectivity index (χ4v) is 2.82. The fourth-order valence-electron chi connectivity index (χ4n) is 2.82. The van der Waals surface area contributed by atoms with E-state index in [0.717, 1.165) is 24.5 Å². The monoisotopic (exact) mass is 357 g/mol. The number of carbonyl (C=O) groups is 1. The first-order valence-corrected chi connectivity index (χ1v) is 8.49. The number of benzene rings is 1. The molecule has 0 spiro atoms. The Kier molecular flexibility index (Phi) is 5.91. The average molecular weight is 357 g/mol. The van der Waals surface area contributed by atoms with Crippen molar-refractivity contribution in [3.8, 4) is 11.5 Å². The van der Waals surface area contributed by atoms with E-state index in [4.69, 9.17) is 14.2 Å². The molecule has 26 heavy (non-hydrogen) atoms. The zero-order chi connectivity index (χ0) is 18.4. The van der Waals surface area contributed by atoms with E-state index in [1.807, 2.05) is 24.3 Å². The second kappa shape index (κ2) is 8.53. The molecule has 7 heteroatoms. The number of amides is 1. The second-order valence-corrected chi connectivity index (χ2v) is 5.91. The standard InChI is InChI=1S/C19H23N3O4/c1-24-16-5-3-14(17(12-16)25-2)11-19(23)21-15-4-6-18(20-13-15)22-7-9-26-10-8-22/h3-6,12-13H,7-11H2,1-2H3,(H,21,23). The van der Waals surface area contributed by atoms with E-state index in [0.29, 0.717) is 30.4 Å².